The van der Waals surface area contributed by atoms with Crippen molar-refractivity contribution >= 4 is 11.7 Å². The number of hydrogen-bond donors (Lipinski definition) is 2. The van der Waals surface area contributed by atoms with Crippen LogP contribution in [0.2, 0.25) is 0 Å². The van der Waals surface area contributed by atoms with Crippen LogP contribution < -0.4 is 15.5 Å². The van der Waals surface area contributed by atoms with Crippen molar-refractivity contribution in [2.24, 2.45) is 0 Å². The molecule has 0 spiro atoms. The van der Waals surface area contributed by atoms with Gasteiger partial charge in [-0.2, -0.15) is 0 Å². The lowest BCUT2D eigenvalue weighted by Gasteiger charge is -2.17. The highest BCUT2D eigenvalue weighted by molar-refractivity contribution is 5.94. The third-order valence-electron chi connectivity index (χ3n) is 2.97. The Morgan fingerprint density at radius 1 is 1.50 bits per heavy atom. The molecule has 0 saturated carbocycles. The van der Waals surface area contributed by atoms with Crippen molar-refractivity contribution in [1.29, 1.82) is 0 Å². The Bertz CT molecular complexity index is 392. The normalized spacial score (nSPS) is 17.4. The lowest BCUT2D eigenvalue weighted by Crippen LogP contribution is -2.27. The van der Waals surface area contributed by atoms with Gasteiger partial charge in [-0.25, -0.2) is 4.79 Å². The largest absolute Gasteiger partial charge is 0.336 e. The molecule has 1 heterocycles. The molecule has 1 fully saturated rings. The summed E-state index contributed by atoms with van der Waals surface area (Å²) in [5.41, 5.74) is 2.16. The highest BCUT2D eigenvalue weighted by Crippen LogP contribution is 2.21. The predicted molar refractivity (Wildman–Crippen MR) is 64.7 cm³/mol. The van der Waals surface area contributed by atoms with Gasteiger partial charge in [-0.15, -0.1) is 0 Å². The molecule has 0 aliphatic carbocycles. The predicted octanol–water partition coefficient (Wildman–Crippen LogP) is 1.50. The minimum absolute atomic E-state index is 0.00531. The number of nitrogens with zero attached hydrogens (tertiary/aromatic N) is 1. The topological polar surface area (TPSA) is 44.4 Å². The van der Waals surface area contributed by atoms with Gasteiger partial charge in [0.25, 0.3) is 0 Å². The first-order valence-electron chi connectivity index (χ1n) is 5.55. The zero-order chi connectivity index (χ0) is 11.5. The van der Waals surface area contributed by atoms with Crippen LogP contribution in [0.1, 0.15) is 18.5 Å². The summed E-state index contributed by atoms with van der Waals surface area (Å²) in [6, 6.07) is 8.38. The number of carbonyl (C=O) groups is 1. The fourth-order valence-corrected chi connectivity index (χ4v) is 1.85. The molecule has 0 radical (unpaired) electrons. The first-order valence-corrected chi connectivity index (χ1v) is 5.55. The van der Waals surface area contributed by atoms with Crippen molar-refractivity contribution in [2.75, 3.05) is 25.0 Å². The van der Waals surface area contributed by atoms with E-state index < -0.39 is 0 Å². The van der Waals surface area contributed by atoms with Crippen LogP contribution in [-0.2, 0) is 0 Å². The van der Waals surface area contributed by atoms with Crippen molar-refractivity contribution in [2.45, 2.75) is 13.0 Å². The van der Waals surface area contributed by atoms with Crippen LogP contribution in [-0.4, -0.2) is 26.2 Å². The zero-order valence-corrected chi connectivity index (χ0v) is 9.66. The third-order valence-corrected chi connectivity index (χ3v) is 2.97. The molecule has 0 bridgehead atoms. The van der Waals surface area contributed by atoms with Crippen LogP contribution in [0.15, 0.2) is 24.3 Å². The molecule has 4 nitrogen and oxygen atoms in total. The van der Waals surface area contributed by atoms with Gasteiger partial charge in [0.1, 0.15) is 0 Å². The molecule has 86 valence electrons. The summed E-state index contributed by atoms with van der Waals surface area (Å²) >= 11 is 0. The fourth-order valence-electron chi connectivity index (χ4n) is 1.85. The number of nitrogens with one attached hydrogen (secondary N) is 2. The van der Waals surface area contributed by atoms with Crippen molar-refractivity contribution in [3.05, 3.63) is 29.8 Å². The van der Waals surface area contributed by atoms with Gasteiger partial charge >= 0.3 is 6.03 Å². The Hall–Kier alpha value is -1.55. The molecular formula is C12H17N3O. The molecule has 2 N–H and O–H groups in total. The van der Waals surface area contributed by atoms with Crippen LogP contribution in [0.3, 0.4) is 0 Å². The maximum Gasteiger partial charge on any atom is 0.321 e. The molecule has 1 saturated heterocycles. The lowest BCUT2D eigenvalue weighted by atomic mass is 10.1. The molecule has 1 aromatic rings. The SMILES string of the molecule is CNC(C)c1cccc(N2CCNC2=O)c1. The van der Waals surface area contributed by atoms with Crippen molar-refractivity contribution in [1.82, 2.24) is 10.6 Å². The Balaban J connectivity index is 2.25. The molecular weight excluding hydrogens is 202 g/mol. The number of urea groups is 1. The van der Waals surface area contributed by atoms with Crippen LogP contribution in [0.25, 0.3) is 0 Å². The summed E-state index contributed by atoms with van der Waals surface area (Å²) in [7, 11) is 1.93. The third kappa shape index (κ3) is 2.02. The van der Waals surface area contributed by atoms with E-state index in [-0.39, 0.29) is 6.03 Å². The monoisotopic (exact) mass is 219 g/mol. The Morgan fingerprint density at radius 2 is 2.31 bits per heavy atom. The lowest BCUT2D eigenvalue weighted by molar-refractivity contribution is 0.252. The molecule has 0 aromatic heterocycles. The minimum Gasteiger partial charge on any atom is -0.336 e. The second-order valence-corrected chi connectivity index (χ2v) is 3.99. The van der Waals surface area contributed by atoms with Crippen molar-refractivity contribution in [3.8, 4) is 0 Å². The first kappa shape index (κ1) is 11.0. The van der Waals surface area contributed by atoms with E-state index in [0.717, 1.165) is 18.8 Å². The maximum atomic E-state index is 11.5. The average molecular weight is 219 g/mol. The van der Waals surface area contributed by atoms with Gasteiger partial charge in [0.2, 0.25) is 0 Å². The summed E-state index contributed by atoms with van der Waals surface area (Å²) in [5.74, 6) is 0. The van der Waals surface area contributed by atoms with Gasteiger partial charge in [-0.1, -0.05) is 12.1 Å². The summed E-state index contributed by atoms with van der Waals surface area (Å²) in [5, 5.41) is 5.99. The zero-order valence-electron chi connectivity index (χ0n) is 9.66. The number of anilines is 1. The number of hydrogen-bond acceptors (Lipinski definition) is 2. The summed E-state index contributed by atoms with van der Waals surface area (Å²) < 4.78 is 0. The van der Waals surface area contributed by atoms with Crippen LogP contribution in [0.4, 0.5) is 10.5 Å². The summed E-state index contributed by atoms with van der Waals surface area (Å²) in [6.45, 7) is 3.57. The molecule has 1 aromatic carbocycles. The number of carbonyl (C=O) groups excluding carboxylic acids is 1. The van der Waals surface area contributed by atoms with Gasteiger partial charge in [-0.05, 0) is 31.7 Å². The van der Waals surface area contributed by atoms with E-state index >= 15 is 0 Å². The molecule has 1 aliphatic heterocycles. The van der Waals surface area contributed by atoms with Gasteiger partial charge in [0.15, 0.2) is 0 Å². The standard InChI is InChI=1S/C12H17N3O/c1-9(13-2)10-4-3-5-11(8-10)15-7-6-14-12(15)16/h3-5,8-9,13H,6-7H2,1-2H3,(H,14,16). The second-order valence-electron chi connectivity index (χ2n) is 3.99. The highest BCUT2D eigenvalue weighted by Gasteiger charge is 2.21. The van der Waals surface area contributed by atoms with E-state index in [0.29, 0.717) is 6.04 Å². The minimum atomic E-state index is -0.00531. The van der Waals surface area contributed by atoms with E-state index in [1.807, 2.05) is 19.2 Å². The van der Waals surface area contributed by atoms with E-state index in [2.05, 4.69) is 29.7 Å². The Labute approximate surface area is 95.6 Å². The Morgan fingerprint density at radius 3 is 2.94 bits per heavy atom. The molecule has 1 atom stereocenters. The smallest absolute Gasteiger partial charge is 0.321 e. The van der Waals surface area contributed by atoms with Gasteiger partial charge < -0.3 is 10.6 Å². The van der Waals surface area contributed by atoms with Crippen molar-refractivity contribution in [3.63, 3.8) is 0 Å². The Kier molecular flexibility index (Phi) is 3.10. The molecule has 16 heavy (non-hydrogen) atoms. The number of amides is 2. The second kappa shape index (κ2) is 4.53. The first-order chi connectivity index (χ1) is 7.72. The van der Waals surface area contributed by atoms with Gasteiger partial charge in [-0.3, -0.25) is 4.90 Å². The molecule has 4 heteroatoms. The van der Waals surface area contributed by atoms with E-state index in [9.17, 15) is 4.79 Å². The molecule has 1 aliphatic rings. The van der Waals surface area contributed by atoms with Crippen LogP contribution in [0.5, 0.6) is 0 Å². The number of rotatable bonds is 3. The molecule has 1 unspecified atom stereocenters. The van der Waals surface area contributed by atoms with Crippen LogP contribution >= 0.6 is 0 Å². The molecule has 2 amide bonds. The summed E-state index contributed by atoms with van der Waals surface area (Å²) in [4.78, 5) is 13.3. The van der Waals surface area contributed by atoms with E-state index in [4.69, 9.17) is 0 Å². The van der Waals surface area contributed by atoms with E-state index in [1.54, 1.807) is 4.90 Å². The maximum absolute atomic E-state index is 11.5. The average Bonchev–Trinajstić information content (AvgIpc) is 2.74. The summed E-state index contributed by atoms with van der Waals surface area (Å²) in [6.07, 6.45) is 0. The van der Waals surface area contributed by atoms with Crippen molar-refractivity contribution < 1.29 is 4.79 Å². The highest BCUT2D eigenvalue weighted by atomic mass is 16.2. The van der Waals surface area contributed by atoms with Gasteiger partial charge in [0.05, 0.1) is 0 Å². The van der Waals surface area contributed by atoms with E-state index in [1.165, 1.54) is 5.56 Å². The van der Waals surface area contributed by atoms with Crippen LogP contribution in [0, 0.1) is 0 Å². The fraction of sp³-hybridized carbons (Fsp3) is 0.417. The number of benzene rings is 1. The van der Waals surface area contributed by atoms with Gasteiger partial charge in [0, 0.05) is 24.8 Å². The quantitative estimate of drug-likeness (QED) is 0.809. The molecule has 2 rings (SSSR count).